The summed E-state index contributed by atoms with van der Waals surface area (Å²) in [5, 5.41) is 9.39. The smallest absolute Gasteiger partial charge is 0.142 e. The summed E-state index contributed by atoms with van der Waals surface area (Å²) in [5.74, 6) is 0. The van der Waals surface area contributed by atoms with Gasteiger partial charge in [0.1, 0.15) is 6.04 Å². The largest absolute Gasteiger partial charge is 0.348 e. The highest BCUT2D eigenvalue weighted by molar-refractivity contribution is 5.20. The first-order chi connectivity index (χ1) is 8.63. The molecule has 2 heterocycles. The van der Waals surface area contributed by atoms with E-state index < -0.39 is 0 Å². The first-order valence-electron chi connectivity index (χ1n) is 6.51. The van der Waals surface area contributed by atoms with E-state index in [0.29, 0.717) is 6.04 Å². The molecule has 2 rings (SSSR count). The number of aromatic nitrogens is 2. The number of nitriles is 1. The summed E-state index contributed by atoms with van der Waals surface area (Å²) < 4.78 is 0. The Labute approximate surface area is 108 Å². The normalized spacial score (nSPS) is 19.9. The highest BCUT2D eigenvalue weighted by Crippen LogP contribution is 2.22. The summed E-state index contributed by atoms with van der Waals surface area (Å²) in [6, 6.07) is 2.75. The van der Waals surface area contributed by atoms with Crippen molar-refractivity contribution in [3.8, 4) is 6.07 Å². The lowest BCUT2D eigenvalue weighted by molar-refractivity contribution is 0.0921. The molecule has 0 radical (unpaired) electrons. The van der Waals surface area contributed by atoms with Crippen molar-refractivity contribution in [3.05, 3.63) is 17.7 Å². The van der Waals surface area contributed by atoms with Crippen LogP contribution >= 0.6 is 0 Å². The summed E-state index contributed by atoms with van der Waals surface area (Å²) in [6.07, 6.45) is 1.67. The third-order valence-corrected chi connectivity index (χ3v) is 3.69. The van der Waals surface area contributed by atoms with Gasteiger partial charge in [-0.1, -0.05) is 0 Å². The topological polar surface area (TPSA) is 59.0 Å². The van der Waals surface area contributed by atoms with Crippen molar-refractivity contribution in [1.82, 2.24) is 19.8 Å². The standard InChI is InChI=1S/C13H21N5/c1-10(2)17-4-6-18(7-5-17)12(8-14)13-11(3)15-9-16-13/h9-10,12H,4-7H2,1-3H3,(H,15,16). The van der Waals surface area contributed by atoms with Gasteiger partial charge in [0, 0.05) is 37.9 Å². The third kappa shape index (κ3) is 2.55. The molecule has 5 heteroatoms. The molecule has 18 heavy (non-hydrogen) atoms. The van der Waals surface area contributed by atoms with Crippen molar-refractivity contribution in [1.29, 1.82) is 5.26 Å². The molecule has 0 aromatic carbocycles. The number of nitrogens with zero attached hydrogens (tertiary/aromatic N) is 4. The monoisotopic (exact) mass is 247 g/mol. The molecule has 1 aliphatic rings. The van der Waals surface area contributed by atoms with Gasteiger partial charge in [-0.25, -0.2) is 4.98 Å². The second-order valence-corrected chi connectivity index (χ2v) is 5.11. The van der Waals surface area contributed by atoms with Crippen LogP contribution in [0.25, 0.3) is 0 Å². The fourth-order valence-corrected chi connectivity index (χ4v) is 2.47. The van der Waals surface area contributed by atoms with Crippen LogP contribution in [0.5, 0.6) is 0 Å². The lowest BCUT2D eigenvalue weighted by Crippen LogP contribution is -2.49. The van der Waals surface area contributed by atoms with Crippen molar-refractivity contribution >= 4 is 0 Å². The Bertz CT molecular complexity index is 423. The zero-order valence-electron chi connectivity index (χ0n) is 11.3. The maximum atomic E-state index is 9.39. The minimum absolute atomic E-state index is 0.217. The van der Waals surface area contributed by atoms with Crippen LogP contribution in [0.3, 0.4) is 0 Å². The van der Waals surface area contributed by atoms with E-state index in [9.17, 15) is 5.26 Å². The molecule has 1 saturated heterocycles. The van der Waals surface area contributed by atoms with Gasteiger partial charge < -0.3 is 4.98 Å². The lowest BCUT2D eigenvalue weighted by Gasteiger charge is -2.38. The molecule has 1 unspecified atom stereocenters. The molecule has 0 spiro atoms. The molecule has 1 N–H and O–H groups in total. The van der Waals surface area contributed by atoms with Gasteiger partial charge in [-0.3, -0.25) is 9.80 Å². The SMILES string of the molecule is Cc1[nH]cnc1C(C#N)N1CCN(C(C)C)CC1. The Morgan fingerprint density at radius 3 is 2.33 bits per heavy atom. The van der Waals surface area contributed by atoms with E-state index in [1.807, 2.05) is 6.92 Å². The van der Waals surface area contributed by atoms with Crippen LogP contribution in [0.2, 0.25) is 0 Å². The van der Waals surface area contributed by atoms with E-state index in [0.717, 1.165) is 37.6 Å². The van der Waals surface area contributed by atoms with Crippen LogP contribution in [0.4, 0.5) is 0 Å². The predicted octanol–water partition coefficient (Wildman–Crippen LogP) is 1.31. The summed E-state index contributed by atoms with van der Waals surface area (Å²) in [5.41, 5.74) is 1.86. The zero-order valence-corrected chi connectivity index (χ0v) is 11.3. The van der Waals surface area contributed by atoms with E-state index in [4.69, 9.17) is 0 Å². The highest BCUT2D eigenvalue weighted by Gasteiger charge is 2.27. The summed E-state index contributed by atoms with van der Waals surface area (Å²) >= 11 is 0. The molecule has 0 amide bonds. The van der Waals surface area contributed by atoms with Crippen LogP contribution in [0.1, 0.15) is 31.3 Å². The van der Waals surface area contributed by atoms with E-state index in [-0.39, 0.29) is 6.04 Å². The van der Waals surface area contributed by atoms with Crippen molar-refractivity contribution in [3.63, 3.8) is 0 Å². The average Bonchev–Trinajstić information content (AvgIpc) is 2.78. The van der Waals surface area contributed by atoms with Crippen LogP contribution in [0.15, 0.2) is 6.33 Å². The maximum absolute atomic E-state index is 9.39. The van der Waals surface area contributed by atoms with Crippen molar-refractivity contribution in [2.75, 3.05) is 26.2 Å². The molecule has 98 valence electrons. The number of aryl methyl sites for hydroxylation is 1. The van der Waals surface area contributed by atoms with Gasteiger partial charge in [0.05, 0.1) is 18.1 Å². The first-order valence-corrected chi connectivity index (χ1v) is 6.51. The minimum atomic E-state index is -0.217. The zero-order chi connectivity index (χ0) is 13.1. The Morgan fingerprint density at radius 1 is 1.28 bits per heavy atom. The molecule has 1 aromatic rings. The van der Waals surface area contributed by atoms with Crippen LogP contribution in [0, 0.1) is 18.3 Å². The predicted molar refractivity (Wildman–Crippen MR) is 70.0 cm³/mol. The molecule has 0 saturated carbocycles. The number of piperazine rings is 1. The Morgan fingerprint density at radius 2 is 1.89 bits per heavy atom. The molecule has 0 aliphatic carbocycles. The van der Waals surface area contributed by atoms with Gasteiger partial charge in [0.2, 0.25) is 0 Å². The molecule has 5 nitrogen and oxygen atoms in total. The summed E-state index contributed by atoms with van der Waals surface area (Å²) in [4.78, 5) is 12.0. The number of aromatic amines is 1. The molecule has 1 aromatic heterocycles. The Hall–Kier alpha value is -1.38. The number of H-pyrrole nitrogens is 1. The molecular formula is C13H21N5. The third-order valence-electron chi connectivity index (χ3n) is 3.69. The molecule has 1 atom stereocenters. The highest BCUT2D eigenvalue weighted by atomic mass is 15.3. The Kier molecular flexibility index (Phi) is 4.00. The second-order valence-electron chi connectivity index (χ2n) is 5.11. The lowest BCUT2D eigenvalue weighted by atomic mass is 10.1. The Balaban J connectivity index is 2.04. The van der Waals surface area contributed by atoms with Crippen LogP contribution < -0.4 is 0 Å². The molecule has 1 fully saturated rings. The summed E-state index contributed by atoms with van der Waals surface area (Å²) in [7, 11) is 0. The van der Waals surface area contributed by atoms with Crippen molar-refractivity contribution in [2.45, 2.75) is 32.9 Å². The van der Waals surface area contributed by atoms with Gasteiger partial charge in [-0.15, -0.1) is 0 Å². The number of imidazole rings is 1. The average molecular weight is 247 g/mol. The van der Waals surface area contributed by atoms with E-state index >= 15 is 0 Å². The maximum Gasteiger partial charge on any atom is 0.142 e. The summed E-state index contributed by atoms with van der Waals surface area (Å²) in [6.45, 7) is 10.3. The van der Waals surface area contributed by atoms with Gasteiger partial charge in [0.25, 0.3) is 0 Å². The molecule has 1 aliphatic heterocycles. The second kappa shape index (κ2) is 5.51. The minimum Gasteiger partial charge on any atom is -0.348 e. The fourth-order valence-electron chi connectivity index (χ4n) is 2.47. The number of nitrogens with one attached hydrogen (secondary N) is 1. The van der Waals surface area contributed by atoms with E-state index in [2.05, 4.69) is 39.7 Å². The quantitative estimate of drug-likeness (QED) is 0.875. The van der Waals surface area contributed by atoms with Crippen molar-refractivity contribution < 1.29 is 0 Å². The van der Waals surface area contributed by atoms with Gasteiger partial charge in [0.15, 0.2) is 0 Å². The van der Waals surface area contributed by atoms with Gasteiger partial charge in [-0.05, 0) is 20.8 Å². The van der Waals surface area contributed by atoms with Crippen molar-refractivity contribution in [2.24, 2.45) is 0 Å². The van der Waals surface area contributed by atoms with Crippen LogP contribution in [-0.2, 0) is 0 Å². The number of rotatable bonds is 3. The first kappa shape index (κ1) is 13.1. The number of hydrogen-bond donors (Lipinski definition) is 1. The molecule has 0 bridgehead atoms. The molecular weight excluding hydrogens is 226 g/mol. The van der Waals surface area contributed by atoms with Crippen LogP contribution in [-0.4, -0.2) is 52.0 Å². The van der Waals surface area contributed by atoms with E-state index in [1.165, 1.54) is 0 Å². The van der Waals surface area contributed by atoms with Gasteiger partial charge >= 0.3 is 0 Å². The fraction of sp³-hybridized carbons (Fsp3) is 0.692. The number of hydrogen-bond acceptors (Lipinski definition) is 4. The van der Waals surface area contributed by atoms with E-state index in [1.54, 1.807) is 6.33 Å². The van der Waals surface area contributed by atoms with Gasteiger partial charge in [-0.2, -0.15) is 5.26 Å².